The lowest BCUT2D eigenvalue weighted by Crippen LogP contribution is -2.33. The van der Waals surface area contributed by atoms with E-state index in [2.05, 4.69) is 15.5 Å². The van der Waals surface area contributed by atoms with Crippen LogP contribution < -0.4 is 5.32 Å². The van der Waals surface area contributed by atoms with E-state index in [9.17, 15) is 9.18 Å². The fraction of sp³-hybridized carbons (Fsp3) is 0.160. The highest BCUT2D eigenvalue weighted by Gasteiger charge is 2.20. The molecule has 3 aromatic carbocycles. The van der Waals surface area contributed by atoms with E-state index < -0.39 is 0 Å². The summed E-state index contributed by atoms with van der Waals surface area (Å²) < 4.78 is 13.1. The number of nitrogens with one attached hydrogen (secondary N) is 1. The van der Waals surface area contributed by atoms with Gasteiger partial charge in [-0.2, -0.15) is 0 Å². The third kappa shape index (κ3) is 4.75. The van der Waals surface area contributed by atoms with Gasteiger partial charge in [0.1, 0.15) is 16.5 Å². The van der Waals surface area contributed by atoms with Gasteiger partial charge in [-0.05, 0) is 31.5 Å². The van der Waals surface area contributed by atoms with Crippen LogP contribution in [0.5, 0.6) is 0 Å². The van der Waals surface area contributed by atoms with E-state index in [1.54, 1.807) is 12.1 Å². The number of rotatable bonds is 6. The molecule has 31 heavy (non-hydrogen) atoms. The zero-order valence-electron chi connectivity index (χ0n) is 17.2. The molecule has 0 saturated carbocycles. The molecule has 1 aromatic heterocycles. The number of aromatic nitrogens is 2. The number of halogens is 1. The molecule has 0 aliphatic rings. The van der Waals surface area contributed by atoms with E-state index in [4.69, 9.17) is 0 Å². The summed E-state index contributed by atoms with van der Waals surface area (Å²) in [4.78, 5) is 12.8. The van der Waals surface area contributed by atoms with Crippen LogP contribution in [0, 0.1) is 5.82 Å². The van der Waals surface area contributed by atoms with E-state index in [1.165, 1.54) is 23.9 Å². The Morgan fingerprint density at radius 2 is 1.52 bits per heavy atom. The lowest BCUT2D eigenvalue weighted by molar-refractivity contribution is -0.120. The summed E-state index contributed by atoms with van der Waals surface area (Å²) in [5, 5.41) is 14.2. The predicted octanol–water partition coefficient (Wildman–Crippen LogP) is 5.79. The molecule has 2 atom stereocenters. The molecule has 0 aliphatic heterocycles. The second kappa shape index (κ2) is 9.27. The molecule has 2 unspecified atom stereocenters. The van der Waals surface area contributed by atoms with Gasteiger partial charge < -0.3 is 5.32 Å². The molecule has 4 nitrogen and oxygen atoms in total. The highest BCUT2D eigenvalue weighted by molar-refractivity contribution is 8.00. The molecular weight excluding hydrogens is 409 g/mol. The molecule has 6 heteroatoms. The van der Waals surface area contributed by atoms with Gasteiger partial charge in [0.25, 0.3) is 0 Å². The van der Waals surface area contributed by atoms with Crippen LogP contribution in [0.3, 0.4) is 0 Å². The molecule has 156 valence electrons. The van der Waals surface area contributed by atoms with Crippen molar-refractivity contribution >= 4 is 28.4 Å². The third-order valence-electron chi connectivity index (χ3n) is 5.09. The first kappa shape index (κ1) is 21.0. The Morgan fingerprint density at radius 3 is 2.23 bits per heavy atom. The minimum absolute atomic E-state index is 0.111. The fourth-order valence-corrected chi connectivity index (χ4v) is 4.26. The largest absolute Gasteiger partial charge is 0.349 e. The molecule has 0 saturated heterocycles. The predicted molar refractivity (Wildman–Crippen MR) is 123 cm³/mol. The van der Waals surface area contributed by atoms with Crippen molar-refractivity contribution in [2.75, 3.05) is 0 Å². The quantitative estimate of drug-likeness (QED) is 0.392. The SMILES string of the molecule is CC(Sc1nnc(-c2ccccc2)c2ccccc12)C(=O)NC(C)c1ccc(F)cc1. The second-order valence-electron chi connectivity index (χ2n) is 7.31. The van der Waals surface area contributed by atoms with E-state index in [-0.39, 0.29) is 23.0 Å². The van der Waals surface area contributed by atoms with Crippen molar-refractivity contribution in [3.05, 3.63) is 90.2 Å². The van der Waals surface area contributed by atoms with E-state index >= 15 is 0 Å². The average molecular weight is 432 g/mol. The number of nitrogens with zero attached hydrogens (tertiary/aromatic N) is 2. The van der Waals surface area contributed by atoms with Crippen LogP contribution in [0.15, 0.2) is 83.9 Å². The summed E-state index contributed by atoms with van der Waals surface area (Å²) in [7, 11) is 0. The topological polar surface area (TPSA) is 54.9 Å². The minimum atomic E-state index is -0.372. The van der Waals surface area contributed by atoms with Crippen LogP contribution >= 0.6 is 11.8 Å². The molecule has 1 N–H and O–H groups in total. The van der Waals surface area contributed by atoms with Crippen LogP contribution in [0.1, 0.15) is 25.5 Å². The number of thioether (sulfide) groups is 1. The summed E-state index contributed by atoms with van der Waals surface area (Å²) in [6, 6.07) is 23.8. The van der Waals surface area contributed by atoms with E-state index in [1.807, 2.05) is 68.4 Å². The van der Waals surface area contributed by atoms with Gasteiger partial charge in [-0.3, -0.25) is 4.79 Å². The molecule has 1 heterocycles. The summed E-state index contributed by atoms with van der Waals surface area (Å²) in [5.74, 6) is -0.407. The first-order chi connectivity index (χ1) is 15.0. The van der Waals surface area contributed by atoms with Crippen molar-refractivity contribution < 1.29 is 9.18 Å². The van der Waals surface area contributed by atoms with Gasteiger partial charge in [-0.1, -0.05) is 78.5 Å². The van der Waals surface area contributed by atoms with Crippen molar-refractivity contribution in [1.82, 2.24) is 15.5 Å². The van der Waals surface area contributed by atoms with Crippen molar-refractivity contribution in [3.8, 4) is 11.3 Å². The zero-order chi connectivity index (χ0) is 21.8. The third-order valence-corrected chi connectivity index (χ3v) is 6.18. The van der Waals surface area contributed by atoms with Crippen molar-refractivity contribution in [2.45, 2.75) is 30.2 Å². The molecule has 0 spiro atoms. The first-order valence-electron chi connectivity index (χ1n) is 10.1. The van der Waals surface area contributed by atoms with Crippen LogP contribution in [0.4, 0.5) is 4.39 Å². The van der Waals surface area contributed by atoms with Crippen LogP contribution in [0.2, 0.25) is 0 Å². The highest BCUT2D eigenvalue weighted by Crippen LogP contribution is 2.33. The molecular formula is C25H22FN3OS. The van der Waals surface area contributed by atoms with Crippen molar-refractivity contribution in [3.63, 3.8) is 0 Å². The van der Waals surface area contributed by atoms with Gasteiger partial charge in [0.15, 0.2) is 0 Å². The lowest BCUT2D eigenvalue weighted by Gasteiger charge is -2.18. The Morgan fingerprint density at radius 1 is 0.871 bits per heavy atom. The summed E-state index contributed by atoms with van der Waals surface area (Å²) in [6.07, 6.45) is 0. The summed E-state index contributed by atoms with van der Waals surface area (Å²) in [6.45, 7) is 3.73. The van der Waals surface area contributed by atoms with Crippen molar-refractivity contribution in [1.29, 1.82) is 0 Å². The highest BCUT2D eigenvalue weighted by atomic mass is 32.2. The molecule has 0 fully saturated rings. The number of carbonyl (C=O) groups excluding carboxylic acids is 1. The smallest absolute Gasteiger partial charge is 0.233 e. The second-order valence-corrected chi connectivity index (χ2v) is 8.64. The van der Waals surface area contributed by atoms with Crippen molar-refractivity contribution in [2.24, 2.45) is 0 Å². The first-order valence-corrected chi connectivity index (χ1v) is 10.9. The Bertz CT molecular complexity index is 1200. The standard InChI is InChI=1S/C25H22FN3OS/c1-16(18-12-14-20(26)15-13-18)27-24(30)17(2)31-25-22-11-7-6-10-21(22)23(28-29-25)19-8-4-3-5-9-19/h3-17H,1-2H3,(H,27,30). The lowest BCUT2D eigenvalue weighted by atomic mass is 10.1. The van der Waals surface area contributed by atoms with Gasteiger partial charge >= 0.3 is 0 Å². The van der Waals surface area contributed by atoms with E-state index in [0.29, 0.717) is 5.03 Å². The number of hydrogen-bond donors (Lipinski definition) is 1. The summed E-state index contributed by atoms with van der Waals surface area (Å²) in [5.41, 5.74) is 2.67. The number of benzene rings is 3. The van der Waals surface area contributed by atoms with E-state index in [0.717, 1.165) is 27.6 Å². The van der Waals surface area contributed by atoms with Crippen LogP contribution in [-0.2, 0) is 4.79 Å². The number of hydrogen-bond acceptors (Lipinski definition) is 4. The Labute approximate surface area is 184 Å². The molecule has 0 radical (unpaired) electrons. The molecule has 0 aliphatic carbocycles. The van der Waals surface area contributed by atoms with Gasteiger partial charge in [-0.25, -0.2) is 4.39 Å². The number of fused-ring (bicyclic) bond motifs is 1. The average Bonchev–Trinajstić information content (AvgIpc) is 2.80. The molecule has 4 rings (SSSR count). The fourth-order valence-electron chi connectivity index (χ4n) is 3.36. The maximum atomic E-state index is 13.1. The Kier molecular flexibility index (Phi) is 6.28. The Hall–Kier alpha value is -3.25. The normalized spacial score (nSPS) is 13.0. The number of carbonyl (C=O) groups is 1. The summed E-state index contributed by atoms with van der Waals surface area (Å²) >= 11 is 1.38. The monoisotopic (exact) mass is 431 g/mol. The van der Waals surface area contributed by atoms with Crippen LogP contribution in [0.25, 0.3) is 22.0 Å². The van der Waals surface area contributed by atoms with Gasteiger partial charge in [-0.15, -0.1) is 10.2 Å². The number of amides is 1. The van der Waals surface area contributed by atoms with Gasteiger partial charge in [0, 0.05) is 16.3 Å². The minimum Gasteiger partial charge on any atom is -0.349 e. The maximum Gasteiger partial charge on any atom is 0.233 e. The molecule has 1 amide bonds. The molecule has 0 bridgehead atoms. The van der Waals surface area contributed by atoms with Gasteiger partial charge in [0.2, 0.25) is 5.91 Å². The Balaban J connectivity index is 1.54. The van der Waals surface area contributed by atoms with Gasteiger partial charge in [0.05, 0.1) is 11.3 Å². The zero-order valence-corrected chi connectivity index (χ0v) is 18.1. The maximum absolute atomic E-state index is 13.1. The molecule has 4 aromatic rings. The van der Waals surface area contributed by atoms with Crippen LogP contribution in [-0.4, -0.2) is 21.4 Å².